The van der Waals surface area contributed by atoms with Crippen LogP contribution >= 0.6 is 0 Å². The van der Waals surface area contributed by atoms with E-state index in [0.717, 1.165) is 12.8 Å². The molecule has 2 N–H and O–H groups in total. The summed E-state index contributed by atoms with van der Waals surface area (Å²) in [7, 11) is -3.39. The van der Waals surface area contributed by atoms with Crippen LogP contribution in [-0.4, -0.2) is 42.4 Å². The van der Waals surface area contributed by atoms with Crippen LogP contribution in [0.4, 0.5) is 0 Å². The van der Waals surface area contributed by atoms with Crippen molar-refractivity contribution in [3.63, 3.8) is 0 Å². The average molecular weight is 307 g/mol. The number of hydrogen-bond donors (Lipinski definition) is 2. The molecule has 0 rings (SSSR count). The second-order valence-electron chi connectivity index (χ2n) is 5.62. The predicted octanol–water partition coefficient (Wildman–Crippen LogP) is 1.35. The van der Waals surface area contributed by atoms with Gasteiger partial charge in [0.25, 0.3) is 0 Å². The molecule has 1 amide bonds. The maximum absolute atomic E-state index is 11.7. The predicted molar refractivity (Wildman–Crippen MR) is 77.3 cm³/mol. The van der Waals surface area contributed by atoms with Crippen molar-refractivity contribution < 1.29 is 23.1 Å². The second-order valence-corrected chi connectivity index (χ2v) is 7.81. The third kappa shape index (κ3) is 9.77. The van der Waals surface area contributed by atoms with Crippen LogP contribution in [0, 0.1) is 0 Å². The van der Waals surface area contributed by atoms with Gasteiger partial charge in [-0.15, -0.1) is 0 Å². The Hall–Kier alpha value is -1.11. The molecule has 0 unspecified atom stereocenters. The van der Waals surface area contributed by atoms with Crippen LogP contribution in [0.15, 0.2) is 0 Å². The highest BCUT2D eigenvalue weighted by molar-refractivity contribution is 7.92. The van der Waals surface area contributed by atoms with Gasteiger partial charge in [-0.05, 0) is 26.7 Å². The number of aliphatic carboxylic acids is 1. The van der Waals surface area contributed by atoms with E-state index in [9.17, 15) is 18.0 Å². The Bertz CT molecular complexity index is 428. The first-order chi connectivity index (χ1) is 9.08. The van der Waals surface area contributed by atoms with Gasteiger partial charge in [-0.2, -0.15) is 0 Å². The summed E-state index contributed by atoms with van der Waals surface area (Å²) in [5.41, 5.74) is -0.728. The lowest BCUT2D eigenvalue weighted by atomic mass is 9.98. The Labute approximate surface area is 120 Å². The van der Waals surface area contributed by atoms with Gasteiger partial charge < -0.3 is 10.4 Å². The summed E-state index contributed by atoms with van der Waals surface area (Å²) in [5, 5.41) is 11.2. The van der Waals surface area contributed by atoms with Crippen molar-refractivity contribution in [3.05, 3.63) is 0 Å². The number of carbonyl (C=O) groups is 2. The lowest BCUT2D eigenvalue weighted by Crippen LogP contribution is -2.46. The third-order valence-corrected chi connectivity index (χ3v) is 4.46. The van der Waals surface area contributed by atoms with Crippen molar-refractivity contribution in [2.45, 2.75) is 58.4 Å². The van der Waals surface area contributed by atoms with Gasteiger partial charge in [0, 0.05) is 12.0 Å². The molecular weight excluding hydrogens is 282 g/mol. The highest BCUT2D eigenvalue weighted by Crippen LogP contribution is 2.11. The molecule has 20 heavy (non-hydrogen) atoms. The summed E-state index contributed by atoms with van der Waals surface area (Å²) in [6.45, 7) is 5.33. The lowest BCUT2D eigenvalue weighted by molar-refractivity contribution is -0.137. The zero-order valence-corrected chi connectivity index (χ0v) is 13.3. The second kappa shape index (κ2) is 8.24. The Balaban J connectivity index is 4.29. The fourth-order valence-corrected chi connectivity index (χ4v) is 3.00. The van der Waals surface area contributed by atoms with Crippen molar-refractivity contribution in [1.82, 2.24) is 5.32 Å². The van der Waals surface area contributed by atoms with Crippen LogP contribution in [0.25, 0.3) is 0 Å². The van der Waals surface area contributed by atoms with Crippen molar-refractivity contribution in [1.29, 1.82) is 0 Å². The van der Waals surface area contributed by atoms with Gasteiger partial charge in [0.1, 0.15) is 5.75 Å². The molecule has 0 aliphatic carbocycles. The Kier molecular flexibility index (Phi) is 7.78. The Morgan fingerprint density at radius 1 is 1.20 bits per heavy atom. The van der Waals surface area contributed by atoms with Crippen LogP contribution in [0.5, 0.6) is 0 Å². The standard InChI is InChI=1S/C13H25NO5S/c1-4-5-6-9-20(18,19)10-11(15)14-13(2,3)8-7-12(16)17/h4-10H2,1-3H3,(H,14,15)(H,16,17). The maximum Gasteiger partial charge on any atom is 0.303 e. The number of unbranched alkanes of at least 4 members (excludes halogenated alkanes) is 2. The van der Waals surface area contributed by atoms with E-state index in [4.69, 9.17) is 5.11 Å². The normalized spacial score (nSPS) is 12.2. The number of nitrogens with one attached hydrogen (secondary N) is 1. The topological polar surface area (TPSA) is 101 Å². The molecule has 0 radical (unpaired) electrons. The molecule has 7 heteroatoms. The van der Waals surface area contributed by atoms with Crippen LogP contribution in [-0.2, 0) is 19.4 Å². The summed E-state index contributed by atoms with van der Waals surface area (Å²) in [5.74, 6) is -2.03. The van der Waals surface area contributed by atoms with E-state index in [1.807, 2.05) is 6.92 Å². The minimum Gasteiger partial charge on any atom is -0.481 e. The fourth-order valence-electron chi connectivity index (χ4n) is 1.74. The minimum absolute atomic E-state index is 0.0177. The summed E-state index contributed by atoms with van der Waals surface area (Å²) in [6, 6.07) is 0. The van der Waals surface area contributed by atoms with Crippen LogP contribution < -0.4 is 5.32 Å². The number of amides is 1. The van der Waals surface area contributed by atoms with Crippen LogP contribution in [0.1, 0.15) is 52.9 Å². The molecular formula is C13H25NO5S. The number of carboxylic acid groups (broad SMARTS) is 1. The van der Waals surface area contributed by atoms with Crippen molar-refractivity contribution in [2.24, 2.45) is 0 Å². The van der Waals surface area contributed by atoms with Gasteiger partial charge >= 0.3 is 5.97 Å². The molecule has 0 aromatic rings. The molecule has 0 aromatic heterocycles. The monoisotopic (exact) mass is 307 g/mol. The molecule has 0 spiro atoms. The molecule has 0 aromatic carbocycles. The number of hydrogen-bond acceptors (Lipinski definition) is 4. The number of carbonyl (C=O) groups excluding carboxylic acids is 1. The zero-order chi connectivity index (χ0) is 15.8. The molecule has 0 bridgehead atoms. The smallest absolute Gasteiger partial charge is 0.303 e. The van der Waals surface area contributed by atoms with Gasteiger partial charge in [-0.3, -0.25) is 9.59 Å². The zero-order valence-electron chi connectivity index (χ0n) is 12.4. The van der Waals surface area contributed by atoms with Crippen molar-refractivity contribution >= 4 is 21.7 Å². The molecule has 0 saturated carbocycles. The van der Waals surface area contributed by atoms with E-state index in [0.29, 0.717) is 6.42 Å². The van der Waals surface area contributed by atoms with Crippen molar-refractivity contribution in [2.75, 3.05) is 11.5 Å². The molecule has 0 fully saturated rings. The number of sulfone groups is 1. The molecule has 0 aliphatic heterocycles. The van der Waals surface area contributed by atoms with E-state index in [2.05, 4.69) is 5.32 Å². The highest BCUT2D eigenvalue weighted by Gasteiger charge is 2.24. The molecule has 0 aliphatic rings. The largest absolute Gasteiger partial charge is 0.481 e. The summed E-state index contributed by atoms with van der Waals surface area (Å²) >= 11 is 0. The quantitative estimate of drug-likeness (QED) is 0.593. The fraction of sp³-hybridized carbons (Fsp3) is 0.846. The number of rotatable bonds is 10. The Morgan fingerprint density at radius 2 is 1.80 bits per heavy atom. The summed E-state index contributed by atoms with van der Waals surface area (Å²) in [6.07, 6.45) is 2.49. The number of carboxylic acids is 1. The molecule has 118 valence electrons. The lowest BCUT2D eigenvalue weighted by Gasteiger charge is -2.25. The van der Waals surface area contributed by atoms with E-state index in [1.165, 1.54) is 0 Å². The van der Waals surface area contributed by atoms with E-state index < -0.39 is 33.0 Å². The maximum atomic E-state index is 11.7. The van der Waals surface area contributed by atoms with Gasteiger partial charge in [-0.1, -0.05) is 19.8 Å². The molecule has 0 atom stereocenters. The van der Waals surface area contributed by atoms with Gasteiger partial charge in [-0.25, -0.2) is 8.42 Å². The first-order valence-electron chi connectivity index (χ1n) is 6.81. The van der Waals surface area contributed by atoms with Gasteiger partial charge in [0.2, 0.25) is 5.91 Å². The van der Waals surface area contributed by atoms with Crippen LogP contribution in [0.2, 0.25) is 0 Å². The van der Waals surface area contributed by atoms with E-state index in [-0.39, 0.29) is 18.6 Å². The first kappa shape index (κ1) is 18.9. The van der Waals surface area contributed by atoms with E-state index in [1.54, 1.807) is 13.8 Å². The average Bonchev–Trinajstić information content (AvgIpc) is 2.25. The SMILES string of the molecule is CCCCCS(=O)(=O)CC(=O)NC(C)(C)CCC(=O)O. The summed E-state index contributed by atoms with van der Waals surface area (Å²) < 4.78 is 23.4. The summed E-state index contributed by atoms with van der Waals surface area (Å²) in [4.78, 5) is 22.2. The first-order valence-corrected chi connectivity index (χ1v) is 8.63. The van der Waals surface area contributed by atoms with Gasteiger partial charge in [0.15, 0.2) is 9.84 Å². The molecule has 0 saturated heterocycles. The minimum atomic E-state index is -3.39. The van der Waals surface area contributed by atoms with E-state index >= 15 is 0 Å². The third-order valence-electron chi connectivity index (χ3n) is 2.85. The highest BCUT2D eigenvalue weighted by atomic mass is 32.2. The van der Waals surface area contributed by atoms with Gasteiger partial charge in [0.05, 0.1) is 5.75 Å². The Morgan fingerprint density at radius 3 is 2.30 bits per heavy atom. The van der Waals surface area contributed by atoms with Crippen LogP contribution in [0.3, 0.4) is 0 Å². The molecule has 0 heterocycles. The molecule has 6 nitrogen and oxygen atoms in total. The van der Waals surface area contributed by atoms with Crippen molar-refractivity contribution in [3.8, 4) is 0 Å².